The Morgan fingerprint density at radius 1 is 1.50 bits per heavy atom. The van der Waals surface area contributed by atoms with E-state index in [4.69, 9.17) is 4.74 Å². The number of carbonyl (C=O) groups excluding carboxylic acids is 1. The zero-order valence-electron chi connectivity index (χ0n) is 11.5. The largest absolute Gasteiger partial charge is 0.466 e. The lowest BCUT2D eigenvalue weighted by Gasteiger charge is -2.20. The third-order valence-electron chi connectivity index (χ3n) is 3.72. The van der Waals surface area contributed by atoms with Crippen LogP contribution in [0.2, 0.25) is 0 Å². The maximum atomic E-state index is 11.8. The minimum atomic E-state index is -0.270. The molecule has 0 bridgehead atoms. The minimum Gasteiger partial charge on any atom is -0.466 e. The summed E-state index contributed by atoms with van der Waals surface area (Å²) >= 11 is 1.62. The van der Waals surface area contributed by atoms with Crippen molar-refractivity contribution >= 4 is 17.3 Å². The smallest absolute Gasteiger partial charge is 0.309 e. The molecule has 0 fully saturated rings. The molecule has 0 unspecified atom stereocenters. The summed E-state index contributed by atoms with van der Waals surface area (Å²) in [7, 11) is 0. The number of ether oxygens (including phenoxy) is 1. The van der Waals surface area contributed by atoms with Gasteiger partial charge in [-0.3, -0.25) is 4.79 Å². The van der Waals surface area contributed by atoms with Crippen molar-refractivity contribution in [3.05, 3.63) is 33.5 Å². The number of rotatable bonds is 6. The molecule has 4 nitrogen and oxygen atoms in total. The van der Waals surface area contributed by atoms with Gasteiger partial charge in [-0.25, -0.2) is 0 Å². The first kappa shape index (κ1) is 15.2. The Morgan fingerprint density at radius 2 is 2.30 bits per heavy atom. The van der Waals surface area contributed by atoms with Crippen LogP contribution in [-0.2, 0) is 9.53 Å². The number of aliphatic hydroxyl groups excluding tert-OH is 2. The molecule has 2 atom stereocenters. The third-order valence-corrected chi connectivity index (χ3v) is 4.68. The lowest BCUT2D eigenvalue weighted by Crippen LogP contribution is -2.15. The van der Waals surface area contributed by atoms with Crippen LogP contribution in [0.5, 0.6) is 0 Å². The SMILES string of the molecule is CCOC(=O)CC1=C(CO)C[C@@H](CO)[C@H]1c1cccs1. The molecular weight excluding hydrogens is 276 g/mol. The molecule has 0 radical (unpaired) electrons. The van der Waals surface area contributed by atoms with Crippen molar-refractivity contribution < 1.29 is 19.7 Å². The maximum Gasteiger partial charge on any atom is 0.309 e. The summed E-state index contributed by atoms with van der Waals surface area (Å²) in [5, 5.41) is 21.1. The number of hydrogen-bond donors (Lipinski definition) is 2. The molecule has 5 heteroatoms. The molecule has 1 aromatic heterocycles. The van der Waals surface area contributed by atoms with Gasteiger partial charge in [0.2, 0.25) is 0 Å². The van der Waals surface area contributed by atoms with Crippen LogP contribution in [0.3, 0.4) is 0 Å². The van der Waals surface area contributed by atoms with Crippen LogP contribution in [0.4, 0.5) is 0 Å². The molecule has 1 heterocycles. The molecule has 2 N–H and O–H groups in total. The second-order valence-electron chi connectivity index (χ2n) is 4.91. The lowest BCUT2D eigenvalue weighted by molar-refractivity contribution is -0.142. The van der Waals surface area contributed by atoms with E-state index in [0.717, 1.165) is 16.0 Å². The van der Waals surface area contributed by atoms with E-state index in [2.05, 4.69) is 0 Å². The number of carbonyl (C=O) groups is 1. The van der Waals surface area contributed by atoms with E-state index in [-0.39, 0.29) is 37.4 Å². The molecule has 0 aromatic carbocycles. The summed E-state index contributed by atoms with van der Waals surface area (Å²) < 4.78 is 5.02. The lowest BCUT2D eigenvalue weighted by atomic mass is 9.89. The number of aliphatic hydroxyl groups is 2. The second kappa shape index (κ2) is 7.02. The van der Waals surface area contributed by atoms with Gasteiger partial charge >= 0.3 is 5.97 Å². The van der Waals surface area contributed by atoms with E-state index >= 15 is 0 Å². The predicted molar refractivity (Wildman–Crippen MR) is 77.6 cm³/mol. The van der Waals surface area contributed by atoms with E-state index in [0.29, 0.717) is 13.0 Å². The number of thiophene rings is 1. The van der Waals surface area contributed by atoms with Crippen molar-refractivity contribution in [3.8, 4) is 0 Å². The van der Waals surface area contributed by atoms with Gasteiger partial charge in [0, 0.05) is 17.4 Å². The highest BCUT2D eigenvalue weighted by atomic mass is 32.1. The van der Waals surface area contributed by atoms with Crippen molar-refractivity contribution in [1.82, 2.24) is 0 Å². The monoisotopic (exact) mass is 296 g/mol. The Kier molecular flexibility index (Phi) is 5.34. The molecule has 1 aliphatic carbocycles. The van der Waals surface area contributed by atoms with Crippen LogP contribution < -0.4 is 0 Å². The van der Waals surface area contributed by atoms with Gasteiger partial charge in [-0.1, -0.05) is 6.07 Å². The van der Waals surface area contributed by atoms with Gasteiger partial charge in [-0.05, 0) is 41.9 Å². The summed E-state index contributed by atoms with van der Waals surface area (Å²) in [6.45, 7) is 2.13. The summed E-state index contributed by atoms with van der Waals surface area (Å²) in [6.07, 6.45) is 0.840. The Hall–Kier alpha value is -1.17. The molecular formula is C15H20O4S. The van der Waals surface area contributed by atoms with E-state index in [1.807, 2.05) is 17.5 Å². The standard InChI is InChI=1S/C15H20O4S/c1-2-19-14(18)7-12-10(8-16)6-11(9-17)15(12)13-4-3-5-20-13/h3-5,11,15-17H,2,6-9H2,1H3/t11-,15+/m0/s1. The Morgan fingerprint density at radius 3 is 2.85 bits per heavy atom. The van der Waals surface area contributed by atoms with Gasteiger partial charge < -0.3 is 14.9 Å². The van der Waals surface area contributed by atoms with Gasteiger partial charge in [0.15, 0.2) is 0 Å². The second-order valence-corrected chi connectivity index (χ2v) is 5.89. The number of hydrogen-bond acceptors (Lipinski definition) is 5. The summed E-state index contributed by atoms with van der Waals surface area (Å²) in [6, 6.07) is 3.98. The van der Waals surface area contributed by atoms with Gasteiger partial charge in [-0.2, -0.15) is 0 Å². The minimum absolute atomic E-state index is 0.0200. The van der Waals surface area contributed by atoms with Gasteiger partial charge in [0.05, 0.1) is 19.6 Å². The van der Waals surface area contributed by atoms with Crippen LogP contribution >= 0.6 is 11.3 Å². The van der Waals surface area contributed by atoms with Crippen LogP contribution in [0.15, 0.2) is 28.7 Å². The van der Waals surface area contributed by atoms with Crippen LogP contribution in [-0.4, -0.2) is 36.0 Å². The highest BCUT2D eigenvalue weighted by Crippen LogP contribution is 2.46. The van der Waals surface area contributed by atoms with Crippen molar-refractivity contribution in [3.63, 3.8) is 0 Å². The van der Waals surface area contributed by atoms with Crippen molar-refractivity contribution in [2.75, 3.05) is 19.8 Å². The molecule has 20 heavy (non-hydrogen) atoms. The molecule has 1 aliphatic rings. The Bertz CT molecular complexity index is 478. The highest BCUT2D eigenvalue weighted by molar-refractivity contribution is 7.10. The van der Waals surface area contributed by atoms with Crippen LogP contribution in [0, 0.1) is 5.92 Å². The fourth-order valence-corrected chi connectivity index (χ4v) is 3.83. The molecule has 0 aliphatic heterocycles. The Balaban J connectivity index is 2.28. The van der Waals surface area contributed by atoms with E-state index in [9.17, 15) is 15.0 Å². The number of esters is 1. The van der Waals surface area contributed by atoms with Crippen LogP contribution in [0.1, 0.15) is 30.6 Å². The maximum absolute atomic E-state index is 11.8. The van der Waals surface area contributed by atoms with Gasteiger partial charge in [-0.15, -0.1) is 11.3 Å². The van der Waals surface area contributed by atoms with Crippen molar-refractivity contribution in [2.45, 2.75) is 25.7 Å². The summed E-state index contributed by atoms with van der Waals surface area (Å²) in [5.74, 6) is -0.208. The van der Waals surface area contributed by atoms with Gasteiger partial charge in [0.1, 0.15) is 0 Å². The highest BCUT2D eigenvalue weighted by Gasteiger charge is 2.36. The van der Waals surface area contributed by atoms with E-state index < -0.39 is 0 Å². The molecule has 0 saturated carbocycles. The zero-order chi connectivity index (χ0) is 14.5. The fraction of sp³-hybridized carbons (Fsp3) is 0.533. The summed E-state index contributed by atoms with van der Waals surface area (Å²) in [5.41, 5.74) is 1.79. The topological polar surface area (TPSA) is 66.8 Å². The normalized spacial score (nSPS) is 22.4. The van der Waals surface area contributed by atoms with E-state index in [1.54, 1.807) is 18.3 Å². The molecule has 110 valence electrons. The molecule has 0 saturated heterocycles. The van der Waals surface area contributed by atoms with E-state index in [1.165, 1.54) is 0 Å². The summed E-state index contributed by atoms with van der Waals surface area (Å²) in [4.78, 5) is 12.9. The molecule has 0 amide bonds. The van der Waals surface area contributed by atoms with Crippen molar-refractivity contribution in [2.24, 2.45) is 5.92 Å². The van der Waals surface area contributed by atoms with Gasteiger partial charge in [0.25, 0.3) is 0 Å². The average Bonchev–Trinajstić information content (AvgIpc) is 3.05. The predicted octanol–water partition coefficient (Wildman–Crippen LogP) is 2.09. The van der Waals surface area contributed by atoms with Crippen LogP contribution in [0.25, 0.3) is 0 Å². The first-order valence-corrected chi connectivity index (χ1v) is 7.70. The first-order chi connectivity index (χ1) is 9.71. The quantitative estimate of drug-likeness (QED) is 0.623. The average molecular weight is 296 g/mol. The third kappa shape index (κ3) is 3.11. The molecule has 2 rings (SSSR count). The molecule has 0 spiro atoms. The Labute approximate surface area is 122 Å². The first-order valence-electron chi connectivity index (χ1n) is 6.82. The molecule has 1 aromatic rings. The van der Waals surface area contributed by atoms with Crippen molar-refractivity contribution in [1.29, 1.82) is 0 Å². The fourth-order valence-electron chi connectivity index (χ4n) is 2.88. The zero-order valence-corrected chi connectivity index (χ0v) is 12.4.